The molecule has 0 spiro atoms. The molecule has 4 fully saturated rings. The molecule has 4 saturated heterocycles. The van der Waals surface area contributed by atoms with Gasteiger partial charge in [-0.2, -0.15) is 0 Å². The number of carbonyl (C=O) groups excluding carboxylic acids is 4. The van der Waals surface area contributed by atoms with Crippen LogP contribution in [0, 0.1) is 41.4 Å². The van der Waals surface area contributed by atoms with Crippen LogP contribution in [0.1, 0.15) is 130 Å². The van der Waals surface area contributed by atoms with Gasteiger partial charge in [0.25, 0.3) is 0 Å². The van der Waals surface area contributed by atoms with Crippen molar-refractivity contribution in [3.8, 4) is 0 Å². The van der Waals surface area contributed by atoms with Gasteiger partial charge < -0.3 is 77.4 Å². The Bertz CT molecular complexity index is 2490. The highest BCUT2D eigenvalue weighted by molar-refractivity contribution is 7.89. The Morgan fingerprint density at radius 2 is 1.49 bits per heavy atom. The molecule has 25 heteroatoms. The van der Waals surface area contributed by atoms with E-state index in [1.165, 1.54) is 40.4 Å². The van der Waals surface area contributed by atoms with E-state index in [1.807, 2.05) is 41.7 Å². The molecule has 1 aromatic carbocycles. The molecule has 0 bridgehead atoms. The van der Waals surface area contributed by atoms with Crippen molar-refractivity contribution >= 4 is 39.6 Å². The molecular weight excluding hydrogens is 1140 g/mol. The molecule has 4 aliphatic heterocycles. The third-order valence-electron chi connectivity index (χ3n) is 17.1. The number of nitrogens with zero attached hydrogens (tertiary/aromatic N) is 2. The minimum Gasteiger partial charge on any atom is -0.461 e. The topological polar surface area (TPSA) is 293 Å². The number of sulfonamides is 1. The molecule has 24 nitrogen and oxygen atoms in total. The third-order valence-corrected chi connectivity index (χ3v) is 18.5. The number of hydrogen-bond donors (Lipinski definition) is 4. The number of Topliss-reactive ketones (excluding diaryl/α,β-unsaturated/α-hetero) is 1. The molecule has 4 heterocycles. The van der Waals surface area contributed by atoms with Crippen LogP contribution in [-0.2, 0) is 81.3 Å². The molecular formula is C61H102N4O20S. The largest absolute Gasteiger partial charge is 0.461 e. The van der Waals surface area contributed by atoms with Crippen LogP contribution in [-0.4, -0.2) is 204 Å². The summed E-state index contributed by atoms with van der Waals surface area (Å²) in [6, 6.07) is 7.71. The van der Waals surface area contributed by atoms with E-state index in [-0.39, 0.29) is 61.1 Å². The number of benzene rings is 1. The van der Waals surface area contributed by atoms with Crippen LogP contribution in [0.15, 0.2) is 40.4 Å². The van der Waals surface area contributed by atoms with Gasteiger partial charge in [-0.15, -0.1) is 0 Å². The maximum Gasteiger partial charge on any atom is 0.408 e. The number of rotatable bonds is 20. The second kappa shape index (κ2) is 31.7. The van der Waals surface area contributed by atoms with Crippen molar-refractivity contribution in [3.05, 3.63) is 30.3 Å². The van der Waals surface area contributed by atoms with Crippen LogP contribution in [0.3, 0.4) is 0 Å². The Morgan fingerprint density at radius 3 is 2.10 bits per heavy atom. The predicted octanol–water partition coefficient (Wildman–Crippen LogP) is 5.76. The van der Waals surface area contributed by atoms with Crippen molar-refractivity contribution in [2.45, 2.75) is 238 Å². The second-order valence-electron chi connectivity index (χ2n) is 25.8. The number of methoxy groups -OCH3 is 2. The van der Waals surface area contributed by atoms with Crippen LogP contribution in [0.4, 0.5) is 4.79 Å². The standard InChI is InChI=1S/C61H102N4O20S/c1-32(2)25-45(66)81-51-39(9)50(34(4)30-77-58-54(75-18)53(74-17)47(67)42(12)80-58)83-56(70)41(11)52(82-46-26-35(5)65(16)29-37(7)78-46)38(8)49(84-57-48(68)44(64-76-19)27-36(6)79-57)33(3)28-61(15,55(69)40(51)10)85-59(71)63-60(13,14)31-62-86(72,73)43-23-21-20-22-24-43/h20-24,32-42,46-54,57-58,62,67-68H,25-31H2,1-19H3,(H,63,71)/t33?,34?,35-,36-,37+,38?,39?,40?,41?,42-,46+,47-,48-,49?,50?,51?,52?,53-,54-,57+,58-,61?/m1/s1. The van der Waals surface area contributed by atoms with Crippen molar-refractivity contribution < 1.29 is 94.8 Å². The fraction of sp³-hybridized carbons (Fsp3) is 0.820. The van der Waals surface area contributed by atoms with Crippen molar-refractivity contribution in [1.29, 1.82) is 0 Å². The lowest BCUT2D eigenvalue weighted by atomic mass is 9.74. The highest BCUT2D eigenvalue weighted by Crippen LogP contribution is 2.41. The number of esters is 2. The van der Waals surface area contributed by atoms with Crippen LogP contribution in [0.5, 0.6) is 0 Å². The van der Waals surface area contributed by atoms with Crippen molar-refractivity contribution in [2.75, 3.05) is 48.1 Å². The number of ketones is 1. The van der Waals surface area contributed by atoms with Gasteiger partial charge in [0.15, 0.2) is 30.3 Å². The Kier molecular flexibility index (Phi) is 26.8. The summed E-state index contributed by atoms with van der Waals surface area (Å²) < 4.78 is 99.8. The summed E-state index contributed by atoms with van der Waals surface area (Å²) in [6.07, 6.45) is -14.7. The number of amides is 1. The minimum atomic E-state index is -4.03. The van der Waals surface area contributed by atoms with Crippen LogP contribution in [0.2, 0.25) is 0 Å². The van der Waals surface area contributed by atoms with Gasteiger partial charge in [-0.1, -0.05) is 71.8 Å². The quantitative estimate of drug-likeness (QED) is 0.0685. The normalized spacial score (nSPS) is 37.6. The van der Waals surface area contributed by atoms with Crippen molar-refractivity contribution in [2.24, 2.45) is 46.6 Å². The van der Waals surface area contributed by atoms with E-state index in [4.69, 9.17) is 56.9 Å². The highest BCUT2D eigenvalue weighted by atomic mass is 32.2. The average Bonchev–Trinajstić information content (AvgIpc) is 1.23. The van der Waals surface area contributed by atoms with Gasteiger partial charge >= 0.3 is 18.0 Å². The highest BCUT2D eigenvalue weighted by Gasteiger charge is 2.53. The minimum absolute atomic E-state index is 0.0128. The van der Waals surface area contributed by atoms with Gasteiger partial charge in [0.2, 0.25) is 10.0 Å². The molecule has 0 aliphatic carbocycles. The molecule has 1 aromatic rings. The Morgan fingerprint density at radius 1 is 0.837 bits per heavy atom. The van der Waals surface area contributed by atoms with Crippen LogP contribution in [0.25, 0.3) is 0 Å². The second-order valence-corrected chi connectivity index (χ2v) is 27.6. The zero-order chi connectivity index (χ0) is 64.3. The lowest BCUT2D eigenvalue weighted by Crippen LogP contribution is -2.59. The molecule has 4 N–H and O–H groups in total. The summed E-state index contributed by atoms with van der Waals surface area (Å²) in [7, 11) is 2.20. The van der Waals surface area contributed by atoms with Crippen molar-refractivity contribution in [1.82, 2.24) is 14.9 Å². The number of aliphatic hydroxyl groups excluding tert-OH is 2. The van der Waals surface area contributed by atoms with E-state index in [1.54, 1.807) is 80.5 Å². The van der Waals surface area contributed by atoms with E-state index in [0.29, 0.717) is 13.0 Å². The SMILES string of the molecule is CON=C1C[C@@H](C)O[C@@H](OC2C(C)CC(C)(OC(=O)NC(C)(C)CNS(=O)(=O)c3ccccc3)C(=O)C(C)C(OC(=O)CC(C)C)C(C)C(C(C)CO[C@@H]3O[C@H](C)[C@@H](O)[C@@H](OC)[C@H]3OC)OC(=O)C(C)C(O[C@H]3C[C@@H](C)N(C)C[C@H](C)O3)C2C)[C@@H]1O. The number of oxime groups is 1. The first-order valence-corrected chi connectivity index (χ1v) is 31.8. The molecule has 4 aliphatic rings. The number of alkyl carbamates (subject to hydrolysis) is 1. The zero-order valence-corrected chi connectivity index (χ0v) is 54.9. The number of nitrogens with one attached hydrogen (secondary N) is 2. The number of carbonyl (C=O) groups is 4. The Labute approximate surface area is 510 Å². The number of aliphatic hydroxyl groups is 2. The molecule has 0 radical (unpaired) electrons. The van der Waals surface area contributed by atoms with Gasteiger partial charge in [0, 0.05) is 70.4 Å². The maximum atomic E-state index is 16.0. The average molecular weight is 1240 g/mol. The first-order valence-electron chi connectivity index (χ1n) is 30.3. The van der Waals surface area contributed by atoms with E-state index < -0.39 is 160 Å². The Hall–Kier alpha value is -3.96. The molecule has 5 rings (SSSR count). The number of likely N-dealkylation sites (N-methyl/N-ethyl adjacent to an activating group) is 1. The maximum absolute atomic E-state index is 16.0. The fourth-order valence-electron chi connectivity index (χ4n) is 12.3. The monoisotopic (exact) mass is 1240 g/mol. The first-order chi connectivity index (χ1) is 40.2. The van der Waals surface area contributed by atoms with Gasteiger partial charge in [-0.3, -0.25) is 14.4 Å². The summed E-state index contributed by atoms with van der Waals surface area (Å²) >= 11 is 0. The van der Waals surface area contributed by atoms with E-state index in [2.05, 4.69) is 20.1 Å². The molecule has 11 unspecified atom stereocenters. The molecule has 1 amide bonds. The van der Waals surface area contributed by atoms with Gasteiger partial charge in [-0.25, -0.2) is 17.9 Å². The number of hydrogen-bond acceptors (Lipinski definition) is 22. The summed E-state index contributed by atoms with van der Waals surface area (Å²) in [6.45, 7) is 26.2. The summed E-state index contributed by atoms with van der Waals surface area (Å²) in [5.74, 6) is -8.09. The van der Waals surface area contributed by atoms with E-state index in [9.17, 15) is 28.2 Å². The van der Waals surface area contributed by atoms with Crippen LogP contribution < -0.4 is 10.0 Å². The van der Waals surface area contributed by atoms with Gasteiger partial charge in [0.05, 0.1) is 65.1 Å². The van der Waals surface area contributed by atoms with E-state index in [0.717, 1.165) is 0 Å². The molecule has 86 heavy (non-hydrogen) atoms. The number of ether oxygens (including phenoxy) is 11. The molecule has 0 saturated carbocycles. The van der Waals surface area contributed by atoms with Gasteiger partial charge in [0.1, 0.15) is 43.7 Å². The molecule has 22 atom stereocenters. The third kappa shape index (κ3) is 19.0. The van der Waals surface area contributed by atoms with E-state index >= 15 is 9.59 Å². The summed E-state index contributed by atoms with van der Waals surface area (Å²) in [5, 5.41) is 29.7. The predicted molar refractivity (Wildman–Crippen MR) is 316 cm³/mol. The zero-order valence-electron chi connectivity index (χ0n) is 54.1. The molecule has 0 aromatic heterocycles. The molecule has 492 valence electrons. The summed E-state index contributed by atoms with van der Waals surface area (Å²) in [4.78, 5) is 67.6. The van der Waals surface area contributed by atoms with Gasteiger partial charge in [-0.05, 0) is 92.8 Å². The smallest absolute Gasteiger partial charge is 0.408 e. The number of cyclic esters (lactones) is 1. The lowest BCUT2D eigenvalue weighted by Gasteiger charge is -2.45. The lowest BCUT2D eigenvalue weighted by molar-refractivity contribution is -0.305. The van der Waals surface area contributed by atoms with Crippen molar-refractivity contribution in [3.63, 3.8) is 0 Å². The Balaban J connectivity index is 1.71. The fourth-order valence-corrected chi connectivity index (χ4v) is 13.5. The summed E-state index contributed by atoms with van der Waals surface area (Å²) in [5.41, 5.74) is -3.19. The first kappa shape index (κ1) is 72.8. The van der Waals surface area contributed by atoms with Crippen LogP contribution >= 0.6 is 0 Å².